The summed E-state index contributed by atoms with van der Waals surface area (Å²) >= 11 is 0. The lowest BCUT2D eigenvalue weighted by molar-refractivity contribution is -0.111. The van der Waals surface area contributed by atoms with Crippen molar-refractivity contribution in [3.05, 3.63) is 78.1 Å². The molecule has 0 saturated heterocycles. The number of halogens is 1. The van der Waals surface area contributed by atoms with Gasteiger partial charge in [0, 0.05) is 11.3 Å². The van der Waals surface area contributed by atoms with Crippen LogP contribution in [0, 0.1) is 5.82 Å². The van der Waals surface area contributed by atoms with E-state index in [1.807, 2.05) is 6.92 Å². The van der Waals surface area contributed by atoms with Gasteiger partial charge in [0.15, 0.2) is 0 Å². The van der Waals surface area contributed by atoms with E-state index in [9.17, 15) is 14.0 Å². The van der Waals surface area contributed by atoms with Crippen molar-refractivity contribution in [2.75, 3.05) is 5.32 Å². The maximum atomic E-state index is 13.0. The number of carbonyl (C=O) groups excluding carboxylic acids is 2. The Kier molecular flexibility index (Phi) is 5.84. The Hall–Kier alpha value is -2.95. The molecule has 0 radical (unpaired) electrons. The van der Waals surface area contributed by atoms with E-state index in [2.05, 4.69) is 17.2 Å². The monoisotopic (exact) mass is 326 g/mol. The molecule has 0 aromatic heterocycles. The number of nitrogens with one attached hydrogen (secondary N) is 2. The van der Waals surface area contributed by atoms with Crippen LogP contribution in [0.4, 0.5) is 10.1 Å². The maximum absolute atomic E-state index is 13.0. The van der Waals surface area contributed by atoms with E-state index in [0.717, 1.165) is 5.56 Å². The average molecular weight is 326 g/mol. The van der Waals surface area contributed by atoms with Crippen LogP contribution in [-0.4, -0.2) is 11.8 Å². The van der Waals surface area contributed by atoms with Gasteiger partial charge < -0.3 is 10.6 Å². The third-order valence-electron chi connectivity index (χ3n) is 3.59. The molecule has 2 N–H and O–H groups in total. The number of carbonyl (C=O) groups is 2. The van der Waals surface area contributed by atoms with Crippen molar-refractivity contribution >= 4 is 17.5 Å². The van der Waals surface area contributed by atoms with Crippen LogP contribution in [0.1, 0.15) is 35.3 Å². The molecule has 2 amide bonds. The topological polar surface area (TPSA) is 58.2 Å². The number of rotatable bonds is 6. The van der Waals surface area contributed by atoms with Crippen molar-refractivity contribution in [3.8, 4) is 0 Å². The first-order chi connectivity index (χ1) is 11.5. The Bertz CT molecular complexity index is 724. The summed E-state index contributed by atoms with van der Waals surface area (Å²) < 4.78 is 13.0. The molecule has 0 aliphatic heterocycles. The van der Waals surface area contributed by atoms with E-state index in [1.165, 1.54) is 18.2 Å². The molecule has 0 heterocycles. The molecule has 24 heavy (non-hydrogen) atoms. The largest absolute Gasteiger partial charge is 0.345 e. The Labute approximate surface area is 140 Å². The van der Waals surface area contributed by atoms with Gasteiger partial charge in [0.1, 0.15) is 5.82 Å². The number of benzene rings is 2. The van der Waals surface area contributed by atoms with Crippen LogP contribution < -0.4 is 10.6 Å². The second-order valence-electron chi connectivity index (χ2n) is 5.26. The first-order valence-corrected chi connectivity index (χ1v) is 7.63. The first-order valence-electron chi connectivity index (χ1n) is 7.63. The quantitative estimate of drug-likeness (QED) is 0.793. The second-order valence-corrected chi connectivity index (χ2v) is 5.26. The molecule has 1 unspecified atom stereocenters. The number of amides is 2. The number of hydrogen-bond donors (Lipinski definition) is 2. The molecule has 0 spiro atoms. The fourth-order valence-corrected chi connectivity index (χ4v) is 2.26. The molecule has 0 aliphatic carbocycles. The summed E-state index contributed by atoms with van der Waals surface area (Å²) in [6.07, 6.45) is 1.86. The van der Waals surface area contributed by atoms with Gasteiger partial charge in [-0.25, -0.2) is 4.39 Å². The van der Waals surface area contributed by atoms with Gasteiger partial charge in [-0.3, -0.25) is 9.59 Å². The van der Waals surface area contributed by atoms with Crippen molar-refractivity contribution in [2.45, 2.75) is 19.4 Å². The van der Waals surface area contributed by atoms with Gasteiger partial charge in [0.05, 0.1) is 6.04 Å². The third-order valence-corrected chi connectivity index (χ3v) is 3.59. The molecular weight excluding hydrogens is 307 g/mol. The summed E-state index contributed by atoms with van der Waals surface area (Å²) in [5.41, 5.74) is 1.91. The van der Waals surface area contributed by atoms with Gasteiger partial charge in [0.25, 0.3) is 5.91 Å². The van der Waals surface area contributed by atoms with E-state index >= 15 is 0 Å². The smallest absolute Gasteiger partial charge is 0.251 e. The molecule has 0 bridgehead atoms. The number of anilines is 1. The summed E-state index contributed by atoms with van der Waals surface area (Å²) in [7, 11) is 0. The SMILES string of the molecule is C=CC(=O)Nc1ccc(C(=O)NC(CC)c2ccc(F)cc2)cc1. The predicted molar refractivity (Wildman–Crippen MR) is 92.2 cm³/mol. The predicted octanol–water partition coefficient (Wildman–Crippen LogP) is 3.83. The van der Waals surface area contributed by atoms with Gasteiger partial charge in [0.2, 0.25) is 5.91 Å². The van der Waals surface area contributed by atoms with Crippen LogP contribution in [-0.2, 0) is 4.79 Å². The second kappa shape index (κ2) is 8.06. The standard InChI is InChI=1S/C19H19FN2O2/c1-3-17(13-5-9-15(20)10-6-13)22-19(24)14-7-11-16(12-8-14)21-18(23)4-2/h4-12,17H,2-3H2,1H3,(H,21,23)(H,22,24). The van der Waals surface area contributed by atoms with E-state index in [1.54, 1.807) is 36.4 Å². The Morgan fingerprint density at radius 1 is 1.12 bits per heavy atom. The Balaban J connectivity index is 2.06. The highest BCUT2D eigenvalue weighted by atomic mass is 19.1. The van der Waals surface area contributed by atoms with Crippen LogP contribution in [0.15, 0.2) is 61.2 Å². The lowest BCUT2D eigenvalue weighted by Crippen LogP contribution is -2.28. The zero-order chi connectivity index (χ0) is 17.5. The van der Waals surface area contributed by atoms with Crippen molar-refractivity contribution < 1.29 is 14.0 Å². The zero-order valence-corrected chi connectivity index (χ0v) is 13.4. The summed E-state index contributed by atoms with van der Waals surface area (Å²) in [5, 5.41) is 5.54. The maximum Gasteiger partial charge on any atom is 0.251 e. The average Bonchev–Trinajstić information content (AvgIpc) is 2.60. The van der Waals surface area contributed by atoms with Crippen molar-refractivity contribution in [2.24, 2.45) is 0 Å². The van der Waals surface area contributed by atoms with Gasteiger partial charge in [-0.2, -0.15) is 0 Å². The molecule has 2 aromatic carbocycles. The molecule has 5 heteroatoms. The van der Waals surface area contributed by atoms with Gasteiger partial charge in [-0.1, -0.05) is 25.6 Å². The van der Waals surface area contributed by atoms with Gasteiger partial charge >= 0.3 is 0 Å². The van der Waals surface area contributed by atoms with Gasteiger partial charge in [-0.15, -0.1) is 0 Å². The third kappa shape index (κ3) is 4.52. The lowest BCUT2D eigenvalue weighted by Gasteiger charge is -2.17. The molecule has 1 atom stereocenters. The van der Waals surface area contributed by atoms with E-state index in [0.29, 0.717) is 17.7 Å². The summed E-state index contributed by atoms with van der Waals surface area (Å²) in [6.45, 7) is 5.33. The Morgan fingerprint density at radius 3 is 2.29 bits per heavy atom. The van der Waals surface area contributed by atoms with Crippen molar-refractivity contribution in [1.29, 1.82) is 0 Å². The minimum atomic E-state index is -0.311. The lowest BCUT2D eigenvalue weighted by atomic mass is 10.0. The van der Waals surface area contributed by atoms with Crippen molar-refractivity contribution in [3.63, 3.8) is 0 Å². The molecule has 2 rings (SSSR count). The highest BCUT2D eigenvalue weighted by Gasteiger charge is 2.14. The minimum Gasteiger partial charge on any atom is -0.345 e. The Morgan fingerprint density at radius 2 is 1.75 bits per heavy atom. The first kappa shape index (κ1) is 17.4. The normalized spacial score (nSPS) is 11.4. The van der Waals surface area contributed by atoms with Crippen molar-refractivity contribution in [1.82, 2.24) is 5.32 Å². The molecule has 0 aliphatic rings. The van der Waals surface area contributed by atoms with Crippen LogP contribution in [0.3, 0.4) is 0 Å². The number of hydrogen-bond acceptors (Lipinski definition) is 2. The molecule has 0 saturated carbocycles. The molecule has 4 nitrogen and oxygen atoms in total. The summed E-state index contributed by atoms with van der Waals surface area (Å²) in [6, 6.07) is 12.4. The molecule has 124 valence electrons. The summed E-state index contributed by atoms with van der Waals surface area (Å²) in [5.74, 6) is -0.848. The zero-order valence-electron chi connectivity index (χ0n) is 13.4. The van der Waals surface area contributed by atoms with Crippen LogP contribution >= 0.6 is 0 Å². The molecule has 0 fully saturated rings. The van der Waals surface area contributed by atoms with Crippen LogP contribution in [0.25, 0.3) is 0 Å². The fourth-order valence-electron chi connectivity index (χ4n) is 2.26. The highest BCUT2D eigenvalue weighted by molar-refractivity contribution is 5.99. The molecular formula is C19H19FN2O2. The fraction of sp³-hybridized carbons (Fsp3) is 0.158. The van der Waals surface area contributed by atoms with E-state index in [4.69, 9.17) is 0 Å². The van der Waals surface area contributed by atoms with E-state index in [-0.39, 0.29) is 23.7 Å². The minimum absolute atomic E-state index is 0.196. The van der Waals surface area contributed by atoms with Gasteiger partial charge in [-0.05, 0) is 54.5 Å². The van der Waals surface area contributed by atoms with Crippen LogP contribution in [0.2, 0.25) is 0 Å². The molecule has 2 aromatic rings. The van der Waals surface area contributed by atoms with E-state index < -0.39 is 0 Å². The van der Waals surface area contributed by atoms with Crippen LogP contribution in [0.5, 0.6) is 0 Å². The highest BCUT2D eigenvalue weighted by Crippen LogP contribution is 2.18. The summed E-state index contributed by atoms with van der Waals surface area (Å²) in [4.78, 5) is 23.6.